The number of nitrogens with two attached hydrogens (primary N) is 1. The average Bonchev–Trinajstić information content (AvgIpc) is 3.03. The van der Waals surface area contributed by atoms with E-state index in [-0.39, 0.29) is 28.6 Å². The molecule has 0 fully saturated rings. The molecule has 0 aliphatic carbocycles. The van der Waals surface area contributed by atoms with Crippen molar-refractivity contribution >= 4 is 22.7 Å². The SMILES string of the molecule is COC(=O)c1nc(-c2ccc3cc[nH]c3c2F)nc(N)c1OC. The van der Waals surface area contributed by atoms with Gasteiger partial charge in [-0.05, 0) is 12.1 Å². The van der Waals surface area contributed by atoms with Crippen LogP contribution in [0.2, 0.25) is 0 Å². The fourth-order valence-electron chi connectivity index (χ4n) is 2.29. The third kappa shape index (κ3) is 2.33. The van der Waals surface area contributed by atoms with Gasteiger partial charge in [-0.15, -0.1) is 0 Å². The topological polar surface area (TPSA) is 103 Å². The van der Waals surface area contributed by atoms with Crippen LogP contribution in [0.3, 0.4) is 0 Å². The first kappa shape index (κ1) is 14.8. The van der Waals surface area contributed by atoms with Crippen LogP contribution >= 0.6 is 0 Å². The van der Waals surface area contributed by atoms with Crippen molar-refractivity contribution in [2.24, 2.45) is 0 Å². The number of hydrogen-bond acceptors (Lipinski definition) is 6. The van der Waals surface area contributed by atoms with Gasteiger partial charge in [-0.25, -0.2) is 19.2 Å². The van der Waals surface area contributed by atoms with Gasteiger partial charge in [-0.2, -0.15) is 0 Å². The molecule has 0 saturated heterocycles. The van der Waals surface area contributed by atoms with Crippen molar-refractivity contribution in [3.63, 3.8) is 0 Å². The molecule has 23 heavy (non-hydrogen) atoms. The Labute approximate surface area is 130 Å². The van der Waals surface area contributed by atoms with Crippen LogP contribution in [0.25, 0.3) is 22.3 Å². The fourth-order valence-corrected chi connectivity index (χ4v) is 2.29. The molecule has 0 aliphatic heterocycles. The molecule has 118 valence electrons. The van der Waals surface area contributed by atoms with E-state index in [2.05, 4.69) is 19.7 Å². The highest BCUT2D eigenvalue weighted by atomic mass is 19.1. The van der Waals surface area contributed by atoms with Crippen LogP contribution in [0.4, 0.5) is 10.2 Å². The highest BCUT2D eigenvalue weighted by Gasteiger charge is 2.22. The number of aromatic amines is 1. The molecule has 0 unspecified atom stereocenters. The van der Waals surface area contributed by atoms with Gasteiger partial charge >= 0.3 is 5.97 Å². The normalized spacial score (nSPS) is 10.7. The number of H-pyrrole nitrogens is 1. The lowest BCUT2D eigenvalue weighted by Gasteiger charge is -2.11. The van der Waals surface area contributed by atoms with Crippen LogP contribution in [0.5, 0.6) is 5.75 Å². The summed E-state index contributed by atoms with van der Waals surface area (Å²) in [5.41, 5.74) is 6.06. The first-order valence-corrected chi connectivity index (χ1v) is 6.62. The molecule has 0 saturated carbocycles. The van der Waals surface area contributed by atoms with Crippen molar-refractivity contribution in [1.29, 1.82) is 0 Å². The first-order valence-electron chi connectivity index (χ1n) is 6.62. The minimum Gasteiger partial charge on any atom is -0.491 e. The van der Waals surface area contributed by atoms with E-state index in [4.69, 9.17) is 10.5 Å². The molecule has 1 aromatic carbocycles. The Morgan fingerprint density at radius 2 is 2.04 bits per heavy atom. The van der Waals surface area contributed by atoms with E-state index < -0.39 is 11.8 Å². The van der Waals surface area contributed by atoms with E-state index in [0.717, 1.165) is 0 Å². The molecule has 8 heteroatoms. The number of nitrogens with zero attached hydrogens (tertiary/aromatic N) is 2. The van der Waals surface area contributed by atoms with Crippen molar-refractivity contribution < 1.29 is 18.7 Å². The Morgan fingerprint density at radius 1 is 1.26 bits per heavy atom. The molecule has 3 aromatic rings. The molecular formula is C15H13FN4O3. The van der Waals surface area contributed by atoms with Crippen LogP contribution in [0.15, 0.2) is 24.4 Å². The summed E-state index contributed by atoms with van der Waals surface area (Å²) in [5.74, 6) is -1.41. The van der Waals surface area contributed by atoms with Crippen LogP contribution < -0.4 is 10.5 Å². The standard InChI is InChI=1S/C15H13FN4O3/c1-22-12-11(15(21)23-2)19-14(20-13(12)17)8-4-3-7-5-6-18-10(7)9(8)16/h3-6,18H,1-2H3,(H2,17,19,20). The van der Waals surface area contributed by atoms with Gasteiger partial charge in [0.1, 0.15) is 0 Å². The fraction of sp³-hybridized carbons (Fsp3) is 0.133. The number of benzene rings is 1. The number of ether oxygens (including phenoxy) is 2. The highest BCUT2D eigenvalue weighted by Crippen LogP contribution is 2.30. The summed E-state index contributed by atoms with van der Waals surface area (Å²) in [6.07, 6.45) is 1.63. The number of aromatic nitrogens is 3. The second-order valence-corrected chi connectivity index (χ2v) is 4.67. The number of nitrogens with one attached hydrogen (secondary N) is 1. The van der Waals surface area contributed by atoms with E-state index in [1.54, 1.807) is 18.3 Å². The molecule has 3 N–H and O–H groups in total. The van der Waals surface area contributed by atoms with Gasteiger partial charge in [0.15, 0.2) is 28.9 Å². The Balaban J connectivity index is 2.24. The smallest absolute Gasteiger partial charge is 0.360 e. The first-order chi connectivity index (χ1) is 11.1. The number of hydrogen-bond donors (Lipinski definition) is 2. The summed E-state index contributed by atoms with van der Waals surface area (Å²) >= 11 is 0. The van der Waals surface area contributed by atoms with Crippen LogP contribution in [-0.2, 0) is 4.74 Å². The molecule has 2 heterocycles. The third-order valence-electron chi connectivity index (χ3n) is 3.38. The van der Waals surface area contributed by atoms with Gasteiger partial charge in [0.05, 0.1) is 25.3 Å². The zero-order valence-electron chi connectivity index (χ0n) is 12.4. The van der Waals surface area contributed by atoms with E-state index in [1.807, 2.05) is 0 Å². The Morgan fingerprint density at radius 3 is 2.74 bits per heavy atom. The van der Waals surface area contributed by atoms with Gasteiger partial charge in [-0.3, -0.25) is 0 Å². The summed E-state index contributed by atoms with van der Waals surface area (Å²) < 4.78 is 24.3. The monoisotopic (exact) mass is 316 g/mol. The van der Waals surface area contributed by atoms with Crippen molar-refractivity contribution in [3.8, 4) is 17.1 Å². The third-order valence-corrected chi connectivity index (χ3v) is 3.38. The van der Waals surface area contributed by atoms with Gasteiger partial charge in [0.25, 0.3) is 0 Å². The van der Waals surface area contributed by atoms with Gasteiger partial charge in [0.2, 0.25) is 0 Å². The number of anilines is 1. The number of carbonyl (C=O) groups is 1. The maximum Gasteiger partial charge on any atom is 0.360 e. The van der Waals surface area contributed by atoms with E-state index in [9.17, 15) is 9.18 Å². The van der Waals surface area contributed by atoms with Crippen molar-refractivity contribution in [1.82, 2.24) is 15.0 Å². The van der Waals surface area contributed by atoms with Crippen LogP contribution in [-0.4, -0.2) is 35.1 Å². The van der Waals surface area contributed by atoms with E-state index in [0.29, 0.717) is 10.9 Å². The van der Waals surface area contributed by atoms with Crippen molar-refractivity contribution in [2.45, 2.75) is 0 Å². The van der Waals surface area contributed by atoms with Gasteiger partial charge in [0, 0.05) is 11.6 Å². The molecule has 2 aromatic heterocycles. The molecule has 7 nitrogen and oxygen atoms in total. The number of halogens is 1. The highest BCUT2D eigenvalue weighted by molar-refractivity contribution is 5.93. The molecule has 0 radical (unpaired) electrons. The number of nitrogen functional groups attached to an aromatic ring is 1. The number of methoxy groups -OCH3 is 2. The molecule has 0 atom stereocenters. The number of esters is 1. The summed E-state index contributed by atoms with van der Waals surface area (Å²) in [4.78, 5) is 22.7. The average molecular weight is 316 g/mol. The summed E-state index contributed by atoms with van der Waals surface area (Å²) in [7, 11) is 2.53. The Hall–Kier alpha value is -3.16. The maximum absolute atomic E-state index is 14.6. The molecule has 0 spiro atoms. The lowest BCUT2D eigenvalue weighted by atomic mass is 10.1. The maximum atomic E-state index is 14.6. The molecule has 0 bridgehead atoms. The number of rotatable bonds is 3. The minimum absolute atomic E-state index is 0.0121. The lowest BCUT2D eigenvalue weighted by molar-refractivity contribution is 0.0590. The number of carbonyl (C=O) groups excluding carboxylic acids is 1. The predicted octanol–water partition coefficient (Wildman–Crippen LogP) is 2.14. The zero-order chi connectivity index (χ0) is 16.6. The van der Waals surface area contributed by atoms with E-state index >= 15 is 0 Å². The van der Waals surface area contributed by atoms with Crippen LogP contribution in [0.1, 0.15) is 10.5 Å². The minimum atomic E-state index is -0.751. The summed E-state index contributed by atoms with van der Waals surface area (Å²) in [5, 5.41) is 0.709. The lowest BCUT2D eigenvalue weighted by Crippen LogP contribution is -2.12. The number of fused-ring (bicyclic) bond motifs is 1. The Kier molecular flexibility index (Phi) is 3.57. The van der Waals surface area contributed by atoms with Crippen molar-refractivity contribution in [2.75, 3.05) is 20.0 Å². The van der Waals surface area contributed by atoms with Crippen LogP contribution in [0, 0.1) is 5.82 Å². The van der Waals surface area contributed by atoms with Gasteiger partial charge < -0.3 is 20.2 Å². The van der Waals surface area contributed by atoms with Gasteiger partial charge in [-0.1, -0.05) is 6.07 Å². The molecule has 0 aliphatic rings. The van der Waals surface area contributed by atoms with Crippen molar-refractivity contribution in [3.05, 3.63) is 35.9 Å². The molecule has 3 rings (SSSR count). The largest absolute Gasteiger partial charge is 0.491 e. The zero-order valence-corrected chi connectivity index (χ0v) is 12.4. The summed E-state index contributed by atoms with van der Waals surface area (Å²) in [6, 6.07) is 4.98. The molecule has 0 amide bonds. The second kappa shape index (κ2) is 5.56. The quantitative estimate of drug-likeness (QED) is 0.718. The van der Waals surface area contributed by atoms with E-state index in [1.165, 1.54) is 20.3 Å². The second-order valence-electron chi connectivity index (χ2n) is 4.67. The predicted molar refractivity (Wildman–Crippen MR) is 81.6 cm³/mol. The Bertz CT molecular complexity index is 907. The summed E-state index contributed by atoms with van der Waals surface area (Å²) in [6.45, 7) is 0. The molecular weight excluding hydrogens is 303 g/mol.